The van der Waals surface area contributed by atoms with Crippen molar-refractivity contribution in [2.75, 3.05) is 31.6 Å². The minimum Gasteiger partial charge on any atom is -0.469 e. The van der Waals surface area contributed by atoms with Crippen LogP contribution in [0.1, 0.15) is 70.9 Å². The van der Waals surface area contributed by atoms with Gasteiger partial charge in [-0.05, 0) is 64.9 Å². The summed E-state index contributed by atoms with van der Waals surface area (Å²) in [6.45, 7) is 9.67. The molecule has 0 unspecified atom stereocenters. The summed E-state index contributed by atoms with van der Waals surface area (Å²) in [5.74, 6) is 1.34. The Morgan fingerprint density at radius 3 is 2.47 bits per heavy atom. The highest BCUT2D eigenvalue weighted by atomic mass is 16.6. The molecule has 0 N–H and O–H groups in total. The van der Waals surface area contributed by atoms with Crippen molar-refractivity contribution in [2.45, 2.75) is 77.0 Å². The predicted molar refractivity (Wildman–Crippen MR) is 128 cm³/mol. The van der Waals surface area contributed by atoms with Crippen molar-refractivity contribution in [3.05, 3.63) is 18.1 Å². The van der Waals surface area contributed by atoms with Gasteiger partial charge >= 0.3 is 12.1 Å². The fraction of sp³-hybridized carbons (Fsp3) is 0.680. The monoisotopic (exact) mass is 469 g/mol. The number of nitrogens with zero attached hydrogens (tertiary/aromatic N) is 5. The molecule has 3 aliphatic rings. The average molecular weight is 470 g/mol. The van der Waals surface area contributed by atoms with E-state index in [4.69, 9.17) is 19.4 Å². The van der Waals surface area contributed by atoms with E-state index in [0.717, 1.165) is 29.7 Å². The summed E-state index contributed by atoms with van der Waals surface area (Å²) in [4.78, 5) is 38.0. The lowest BCUT2D eigenvalue weighted by Gasteiger charge is -2.41. The van der Waals surface area contributed by atoms with Gasteiger partial charge in [0.25, 0.3) is 0 Å². The van der Waals surface area contributed by atoms with E-state index < -0.39 is 5.60 Å². The van der Waals surface area contributed by atoms with Crippen LogP contribution >= 0.6 is 0 Å². The smallest absolute Gasteiger partial charge is 0.410 e. The Morgan fingerprint density at radius 2 is 1.85 bits per heavy atom. The van der Waals surface area contributed by atoms with Crippen LogP contribution in [0, 0.1) is 5.92 Å². The van der Waals surface area contributed by atoms with Gasteiger partial charge in [-0.2, -0.15) is 0 Å². The number of methoxy groups -OCH3 is 1. The van der Waals surface area contributed by atoms with E-state index in [1.54, 1.807) is 11.2 Å². The predicted octanol–water partition coefficient (Wildman–Crippen LogP) is 3.88. The Kier molecular flexibility index (Phi) is 5.68. The molecule has 1 amide bonds. The Morgan fingerprint density at radius 1 is 1.12 bits per heavy atom. The molecule has 2 aliphatic carbocycles. The molecule has 184 valence electrons. The van der Waals surface area contributed by atoms with E-state index in [0.29, 0.717) is 25.6 Å². The summed E-state index contributed by atoms with van der Waals surface area (Å²) < 4.78 is 12.8. The molecule has 1 atom stereocenters. The number of rotatable bonds is 4. The first kappa shape index (κ1) is 22.9. The van der Waals surface area contributed by atoms with Gasteiger partial charge in [-0.25, -0.2) is 14.8 Å². The number of fused-ring (bicyclic) bond motifs is 1. The van der Waals surface area contributed by atoms with Gasteiger partial charge in [0.1, 0.15) is 23.4 Å². The molecule has 1 aliphatic heterocycles. The molecule has 34 heavy (non-hydrogen) atoms. The molecule has 9 nitrogen and oxygen atoms in total. The number of ether oxygens (including phenoxy) is 2. The highest BCUT2D eigenvalue weighted by Crippen LogP contribution is 2.48. The quantitative estimate of drug-likeness (QED) is 0.628. The van der Waals surface area contributed by atoms with Crippen LogP contribution in [-0.2, 0) is 14.3 Å². The van der Waals surface area contributed by atoms with E-state index in [1.807, 2.05) is 20.8 Å². The number of piperazine rings is 1. The topological polar surface area (TPSA) is 89.8 Å². The highest BCUT2D eigenvalue weighted by molar-refractivity contribution is 5.92. The van der Waals surface area contributed by atoms with Gasteiger partial charge < -0.3 is 23.8 Å². The summed E-state index contributed by atoms with van der Waals surface area (Å²) in [6.07, 6.45) is 7.57. The van der Waals surface area contributed by atoms with E-state index in [1.165, 1.54) is 25.5 Å². The third-order valence-corrected chi connectivity index (χ3v) is 7.23. The maximum atomic E-state index is 12.6. The standard InChI is InChI=1S/C25H35N5O4/c1-15-12-28(24(32)34-25(2,3)4)8-9-29(15)21-20-19(16-6-7-16)13-30(22(20)27-14-26-21)18-10-17(11-18)23(31)33-5/h13-18H,6-12H2,1-5H3/t15-,17?,18?/m0/s1. The van der Waals surface area contributed by atoms with Crippen molar-refractivity contribution >= 4 is 28.9 Å². The molecular weight excluding hydrogens is 434 g/mol. The molecule has 0 radical (unpaired) electrons. The van der Waals surface area contributed by atoms with Gasteiger partial charge in [-0.15, -0.1) is 0 Å². The van der Waals surface area contributed by atoms with Gasteiger partial charge in [-0.3, -0.25) is 4.79 Å². The van der Waals surface area contributed by atoms with E-state index in [-0.39, 0.29) is 30.1 Å². The van der Waals surface area contributed by atoms with Crippen LogP contribution in [0.2, 0.25) is 0 Å². The van der Waals surface area contributed by atoms with Crippen LogP contribution in [0.15, 0.2) is 12.5 Å². The Labute approximate surface area is 200 Å². The maximum Gasteiger partial charge on any atom is 0.410 e. The van der Waals surface area contributed by atoms with Crippen molar-refractivity contribution in [3.63, 3.8) is 0 Å². The van der Waals surface area contributed by atoms with Crippen LogP contribution < -0.4 is 4.90 Å². The molecule has 2 aromatic rings. The number of hydrogen-bond acceptors (Lipinski definition) is 7. The molecule has 3 fully saturated rings. The number of hydrogen-bond donors (Lipinski definition) is 0. The zero-order valence-corrected chi connectivity index (χ0v) is 20.8. The summed E-state index contributed by atoms with van der Waals surface area (Å²) >= 11 is 0. The average Bonchev–Trinajstić information content (AvgIpc) is 3.52. The van der Waals surface area contributed by atoms with Crippen LogP contribution in [0.3, 0.4) is 0 Å². The van der Waals surface area contributed by atoms with Crippen molar-refractivity contribution in [3.8, 4) is 0 Å². The molecule has 1 saturated heterocycles. The molecular formula is C25H35N5O4. The minimum absolute atomic E-state index is 0.0286. The molecule has 2 aromatic heterocycles. The van der Waals surface area contributed by atoms with Crippen molar-refractivity contribution in [1.29, 1.82) is 0 Å². The first-order valence-corrected chi connectivity index (χ1v) is 12.3. The Hall–Kier alpha value is -2.84. The van der Waals surface area contributed by atoms with Gasteiger partial charge in [0.2, 0.25) is 0 Å². The molecule has 0 bridgehead atoms. The Balaban J connectivity index is 1.41. The lowest BCUT2D eigenvalue weighted by molar-refractivity contribution is -0.149. The molecule has 5 rings (SSSR count). The van der Waals surface area contributed by atoms with E-state index in [9.17, 15) is 9.59 Å². The summed E-state index contributed by atoms with van der Waals surface area (Å²) in [6, 6.07) is 0.352. The Bertz CT molecular complexity index is 1100. The normalized spacial score (nSPS) is 25.3. The van der Waals surface area contributed by atoms with Gasteiger partial charge in [0.05, 0.1) is 18.4 Å². The first-order valence-electron chi connectivity index (χ1n) is 12.3. The number of carbonyl (C=O) groups is 2. The minimum atomic E-state index is -0.507. The van der Waals surface area contributed by atoms with E-state index in [2.05, 4.69) is 22.6 Å². The van der Waals surface area contributed by atoms with Crippen molar-refractivity contribution < 1.29 is 19.1 Å². The van der Waals surface area contributed by atoms with Gasteiger partial charge in [-0.1, -0.05) is 0 Å². The SMILES string of the molecule is COC(=O)C1CC(n2cc(C3CC3)c3c(N4CCN(C(=O)OC(C)(C)C)C[C@@H]4C)ncnc32)C1. The highest BCUT2D eigenvalue weighted by Gasteiger charge is 2.40. The molecule has 2 saturated carbocycles. The lowest BCUT2D eigenvalue weighted by Crippen LogP contribution is -2.54. The third kappa shape index (κ3) is 4.20. The second-order valence-corrected chi connectivity index (χ2v) is 11.0. The summed E-state index contributed by atoms with van der Waals surface area (Å²) in [5, 5.41) is 1.13. The third-order valence-electron chi connectivity index (χ3n) is 7.23. The number of aromatic nitrogens is 3. The largest absolute Gasteiger partial charge is 0.469 e. The van der Waals surface area contributed by atoms with Crippen molar-refractivity contribution in [1.82, 2.24) is 19.4 Å². The summed E-state index contributed by atoms with van der Waals surface area (Å²) in [5.41, 5.74) is 1.75. The first-order chi connectivity index (χ1) is 16.2. The van der Waals surface area contributed by atoms with Crippen LogP contribution in [0.4, 0.5) is 10.6 Å². The molecule has 9 heteroatoms. The fourth-order valence-electron chi connectivity index (χ4n) is 5.24. The lowest BCUT2D eigenvalue weighted by atomic mass is 9.80. The van der Waals surface area contributed by atoms with Crippen LogP contribution in [0.5, 0.6) is 0 Å². The fourth-order valence-corrected chi connectivity index (χ4v) is 5.24. The van der Waals surface area contributed by atoms with Gasteiger partial charge in [0, 0.05) is 37.9 Å². The zero-order chi connectivity index (χ0) is 24.2. The second kappa shape index (κ2) is 8.43. The maximum absolute atomic E-state index is 12.6. The zero-order valence-electron chi connectivity index (χ0n) is 20.8. The van der Waals surface area contributed by atoms with E-state index >= 15 is 0 Å². The number of carbonyl (C=O) groups excluding carboxylic acids is 2. The molecule has 0 spiro atoms. The molecule has 0 aromatic carbocycles. The van der Waals surface area contributed by atoms with Crippen LogP contribution in [-0.4, -0.2) is 69.9 Å². The van der Waals surface area contributed by atoms with Crippen LogP contribution in [0.25, 0.3) is 11.0 Å². The number of esters is 1. The number of amides is 1. The number of anilines is 1. The van der Waals surface area contributed by atoms with Gasteiger partial charge in [0.15, 0.2) is 0 Å². The second-order valence-electron chi connectivity index (χ2n) is 11.0. The summed E-state index contributed by atoms with van der Waals surface area (Å²) in [7, 11) is 1.45. The van der Waals surface area contributed by atoms with Crippen molar-refractivity contribution in [2.24, 2.45) is 5.92 Å². The molecule has 3 heterocycles.